The second-order valence-electron chi connectivity index (χ2n) is 11.4. The van der Waals surface area contributed by atoms with Crippen molar-refractivity contribution in [2.24, 2.45) is 17.1 Å². The lowest BCUT2D eigenvalue weighted by Gasteiger charge is -2.42. The molecule has 0 amide bonds. The first-order valence-corrected chi connectivity index (χ1v) is 15.4. The van der Waals surface area contributed by atoms with Crippen LogP contribution < -0.4 is 5.73 Å². The molecule has 5 heteroatoms. The molecule has 2 N–H and O–H groups in total. The Morgan fingerprint density at radius 3 is 1.88 bits per heavy atom. The molecular formula is C19H41NO2Si2. The molecule has 2 saturated carbocycles. The fourth-order valence-electron chi connectivity index (χ4n) is 3.43. The van der Waals surface area contributed by atoms with Crippen LogP contribution in [0.5, 0.6) is 0 Å². The Balaban J connectivity index is 2.11. The number of fused-ring (bicyclic) bond motifs is 1. The van der Waals surface area contributed by atoms with E-state index in [1.54, 1.807) is 0 Å². The summed E-state index contributed by atoms with van der Waals surface area (Å²) in [4.78, 5) is 0. The number of nitrogens with two attached hydrogens (primary N) is 1. The van der Waals surface area contributed by atoms with E-state index in [4.69, 9.17) is 14.6 Å². The molecule has 2 fully saturated rings. The maximum Gasteiger partial charge on any atom is 0.192 e. The van der Waals surface area contributed by atoms with E-state index in [2.05, 4.69) is 67.7 Å². The molecule has 24 heavy (non-hydrogen) atoms. The topological polar surface area (TPSA) is 44.5 Å². The Kier molecular flexibility index (Phi) is 5.08. The highest BCUT2D eigenvalue weighted by Crippen LogP contribution is 2.65. The monoisotopic (exact) mass is 371 g/mol. The third kappa shape index (κ3) is 3.57. The van der Waals surface area contributed by atoms with Gasteiger partial charge in [-0.2, -0.15) is 0 Å². The van der Waals surface area contributed by atoms with E-state index in [9.17, 15) is 0 Å². The summed E-state index contributed by atoms with van der Waals surface area (Å²) in [5.74, 6) is 0.608. The van der Waals surface area contributed by atoms with E-state index in [-0.39, 0.29) is 15.5 Å². The molecule has 2 aliphatic carbocycles. The minimum atomic E-state index is -1.77. The van der Waals surface area contributed by atoms with Gasteiger partial charge in [-0.05, 0) is 55.0 Å². The SMILES string of the molecule is CC(C)(C)[Si](C)(C)OC[C@@]12C[C@@H]1C(N)CC2O[Si](C)(C)C(C)(C)C. The highest BCUT2D eigenvalue weighted by molar-refractivity contribution is 6.74. The van der Waals surface area contributed by atoms with E-state index < -0.39 is 16.6 Å². The van der Waals surface area contributed by atoms with Gasteiger partial charge in [-0.1, -0.05) is 41.5 Å². The molecule has 4 atom stereocenters. The van der Waals surface area contributed by atoms with Gasteiger partial charge in [0.05, 0.1) is 6.10 Å². The van der Waals surface area contributed by atoms with Crippen molar-refractivity contribution in [3.05, 3.63) is 0 Å². The van der Waals surface area contributed by atoms with Gasteiger partial charge in [-0.3, -0.25) is 0 Å². The molecule has 0 bridgehead atoms. The van der Waals surface area contributed by atoms with Crippen molar-refractivity contribution in [3.63, 3.8) is 0 Å². The average molecular weight is 372 g/mol. The van der Waals surface area contributed by atoms with E-state index in [0.29, 0.717) is 18.1 Å². The Morgan fingerprint density at radius 2 is 1.46 bits per heavy atom. The van der Waals surface area contributed by atoms with Crippen LogP contribution in [0, 0.1) is 11.3 Å². The van der Waals surface area contributed by atoms with Gasteiger partial charge in [0.2, 0.25) is 0 Å². The molecule has 0 aliphatic heterocycles. The van der Waals surface area contributed by atoms with Gasteiger partial charge < -0.3 is 14.6 Å². The first kappa shape index (κ1) is 20.6. The lowest BCUT2D eigenvalue weighted by Crippen LogP contribution is -2.48. The Hall–Kier alpha value is 0.314. The Labute approximate surface area is 152 Å². The minimum Gasteiger partial charge on any atom is -0.416 e. The maximum absolute atomic E-state index is 6.84. The molecule has 0 aromatic rings. The highest BCUT2D eigenvalue weighted by atomic mass is 28.4. The van der Waals surface area contributed by atoms with E-state index in [1.165, 1.54) is 6.42 Å². The van der Waals surface area contributed by atoms with Gasteiger partial charge in [-0.25, -0.2) is 0 Å². The third-order valence-electron chi connectivity index (χ3n) is 7.57. The Morgan fingerprint density at radius 1 is 0.958 bits per heavy atom. The summed E-state index contributed by atoms with van der Waals surface area (Å²) in [5.41, 5.74) is 6.64. The summed E-state index contributed by atoms with van der Waals surface area (Å²) in [6.07, 6.45) is 2.50. The van der Waals surface area contributed by atoms with E-state index in [0.717, 1.165) is 13.0 Å². The van der Waals surface area contributed by atoms with Gasteiger partial charge in [0.1, 0.15) is 0 Å². The van der Waals surface area contributed by atoms with Crippen molar-refractivity contribution in [1.82, 2.24) is 0 Å². The van der Waals surface area contributed by atoms with Crippen LogP contribution in [0.4, 0.5) is 0 Å². The molecule has 0 aromatic carbocycles. The van der Waals surface area contributed by atoms with Crippen molar-refractivity contribution >= 4 is 16.6 Å². The van der Waals surface area contributed by atoms with Crippen LogP contribution in [0.15, 0.2) is 0 Å². The van der Waals surface area contributed by atoms with Crippen LogP contribution >= 0.6 is 0 Å². The van der Waals surface area contributed by atoms with Gasteiger partial charge in [0.15, 0.2) is 16.6 Å². The standard InChI is InChI=1S/C19H41NO2Si2/c1-17(2,3)23(7,8)21-13-19-12-14(19)15(20)11-16(19)22-24(9,10)18(4,5)6/h14-16H,11-13,20H2,1-10H3/t14-,15?,16?,19+/m1/s1. The number of rotatable bonds is 5. The summed E-state index contributed by atoms with van der Waals surface area (Å²) < 4.78 is 13.5. The van der Waals surface area contributed by atoms with E-state index >= 15 is 0 Å². The fraction of sp³-hybridized carbons (Fsp3) is 1.00. The quantitative estimate of drug-likeness (QED) is 0.681. The molecule has 2 unspecified atom stereocenters. The van der Waals surface area contributed by atoms with Crippen molar-refractivity contribution < 1.29 is 8.85 Å². The van der Waals surface area contributed by atoms with Crippen molar-refractivity contribution in [3.8, 4) is 0 Å². The van der Waals surface area contributed by atoms with Gasteiger partial charge in [0.25, 0.3) is 0 Å². The lowest BCUT2D eigenvalue weighted by molar-refractivity contribution is 0.0720. The zero-order chi connectivity index (χ0) is 18.8. The smallest absolute Gasteiger partial charge is 0.192 e. The predicted molar refractivity (Wildman–Crippen MR) is 108 cm³/mol. The molecule has 0 aromatic heterocycles. The molecule has 3 nitrogen and oxygen atoms in total. The fourth-order valence-corrected chi connectivity index (χ4v) is 5.89. The van der Waals surface area contributed by atoms with Crippen LogP contribution in [-0.2, 0) is 8.85 Å². The van der Waals surface area contributed by atoms with Crippen LogP contribution in [0.2, 0.25) is 36.3 Å². The predicted octanol–water partition coefficient (Wildman–Crippen LogP) is 5.14. The van der Waals surface area contributed by atoms with Crippen LogP contribution in [0.3, 0.4) is 0 Å². The minimum absolute atomic E-state index is 0.199. The third-order valence-corrected chi connectivity index (χ3v) is 16.5. The number of hydrogen-bond acceptors (Lipinski definition) is 3. The van der Waals surface area contributed by atoms with Gasteiger partial charge >= 0.3 is 0 Å². The molecule has 2 aliphatic rings. The molecule has 0 spiro atoms. The molecule has 142 valence electrons. The lowest BCUT2D eigenvalue weighted by atomic mass is 10.0. The summed E-state index contributed by atoms with van der Waals surface area (Å²) in [6, 6.07) is 0.294. The van der Waals surface area contributed by atoms with Crippen molar-refractivity contribution in [2.45, 2.75) is 103 Å². The molecular weight excluding hydrogens is 330 g/mol. The van der Waals surface area contributed by atoms with Gasteiger partial charge in [-0.15, -0.1) is 0 Å². The molecule has 0 radical (unpaired) electrons. The second-order valence-corrected chi connectivity index (χ2v) is 20.9. The molecule has 2 rings (SSSR count). The van der Waals surface area contributed by atoms with Crippen LogP contribution in [-0.4, -0.2) is 35.4 Å². The first-order chi connectivity index (χ1) is 10.5. The summed E-state index contributed by atoms with van der Waals surface area (Å²) in [6.45, 7) is 24.1. The normalized spacial score (nSPS) is 34.4. The first-order valence-electron chi connectivity index (χ1n) is 9.61. The Bertz CT molecular complexity index is 479. The van der Waals surface area contributed by atoms with Crippen LogP contribution in [0.25, 0.3) is 0 Å². The molecule has 0 saturated heterocycles. The van der Waals surface area contributed by atoms with Gasteiger partial charge in [0, 0.05) is 18.1 Å². The second kappa shape index (κ2) is 5.91. The van der Waals surface area contributed by atoms with Crippen molar-refractivity contribution in [1.29, 1.82) is 0 Å². The number of hydrogen-bond donors (Lipinski definition) is 1. The van der Waals surface area contributed by atoms with Crippen LogP contribution in [0.1, 0.15) is 54.4 Å². The zero-order valence-electron chi connectivity index (χ0n) is 17.7. The summed E-state index contributed by atoms with van der Waals surface area (Å²) in [5, 5.41) is 0.496. The summed E-state index contributed by atoms with van der Waals surface area (Å²) in [7, 11) is -3.50. The van der Waals surface area contributed by atoms with Crippen molar-refractivity contribution in [2.75, 3.05) is 6.61 Å². The zero-order valence-corrected chi connectivity index (χ0v) is 19.7. The average Bonchev–Trinajstić information content (AvgIpc) is 3.03. The maximum atomic E-state index is 6.84. The summed E-state index contributed by atoms with van der Waals surface area (Å²) >= 11 is 0. The van der Waals surface area contributed by atoms with E-state index in [1.807, 2.05) is 0 Å². The largest absolute Gasteiger partial charge is 0.416 e. The molecule has 0 heterocycles. The highest BCUT2D eigenvalue weighted by Gasteiger charge is 2.68.